The Morgan fingerprint density at radius 3 is 2.53 bits per heavy atom. The number of likely N-dealkylation sites (tertiary alicyclic amines) is 1. The molecule has 0 spiro atoms. The standard InChI is InChI=1S/C15H21NO/c1-12(13-7-5-4-6-8-13)16-11-14(17)9-10-15(16,2)3/h4-8,12H,9-11H2,1-3H3. The Morgan fingerprint density at radius 1 is 1.24 bits per heavy atom. The molecule has 0 aromatic heterocycles. The monoisotopic (exact) mass is 231 g/mol. The van der Waals surface area contributed by atoms with E-state index in [-0.39, 0.29) is 5.54 Å². The zero-order valence-corrected chi connectivity index (χ0v) is 10.9. The van der Waals surface area contributed by atoms with Crippen LogP contribution in [0, 0.1) is 0 Å². The zero-order chi connectivity index (χ0) is 12.5. The minimum absolute atomic E-state index is 0.114. The molecule has 2 heteroatoms. The van der Waals surface area contributed by atoms with E-state index in [0.29, 0.717) is 18.4 Å². The fraction of sp³-hybridized carbons (Fsp3) is 0.533. The SMILES string of the molecule is CC(c1ccccc1)N1CC(=O)CCC1(C)C. The van der Waals surface area contributed by atoms with Crippen LogP contribution in [0.2, 0.25) is 0 Å². The van der Waals surface area contributed by atoms with Gasteiger partial charge in [0.05, 0.1) is 6.54 Å². The Morgan fingerprint density at radius 2 is 1.88 bits per heavy atom. The van der Waals surface area contributed by atoms with E-state index < -0.39 is 0 Å². The number of hydrogen-bond donors (Lipinski definition) is 0. The quantitative estimate of drug-likeness (QED) is 0.779. The molecule has 1 heterocycles. The van der Waals surface area contributed by atoms with Crippen LogP contribution < -0.4 is 0 Å². The number of rotatable bonds is 2. The molecule has 1 aromatic rings. The molecule has 0 N–H and O–H groups in total. The van der Waals surface area contributed by atoms with E-state index in [2.05, 4.69) is 49.9 Å². The van der Waals surface area contributed by atoms with Crippen LogP contribution in [0.1, 0.15) is 45.2 Å². The van der Waals surface area contributed by atoms with Crippen LogP contribution in [0.25, 0.3) is 0 Å². The summed E-state index contributed by atoms with van der Waals surface area (Å²) in [6.45, 7) is 7.25. The van der Waals surface area contributed by atoms with Gasteiger partial charge >= 0.3 is 0 Å². The molecule has 1 atom stereocenters. The van der Waals surface area contributed by atoms with Gasteiger partial charge in [0.25, 0.3) is 0 Å². The number of carbonyl (C=O) groups is 1. The van der Waals surface area contributed by atoms with Crippen LogP contribution in [0.15, 0.2) is 30.3 Å². The maximum atomic E-state index is 11.7. The van der Waals surface area contributed by atoms with Crippen LogP contribution in [0.3, 0.4) is 0 Å². The van der Waals surface area contributed by atoms with E-state index in [1.54, 1.807) is 0 Å². The summed E-state index contributed by atoms with van der Waals surface area (Å²) in [6.07, 6.45) is 1.69. The fourth-order valence-electron chi connectivity index (χ4n) is 2.64. The third kappa shape index (κ3) is 2.58. The van der Waals surface area contributed by atoms with Crippen molar-refractivity contribution < 1.29 is 4.79 Å². The van der Waals surface area contributed by atoms with Crippen molar-refractivity contribution in [2.24, 2.45) is 0 Å². The number of carbonyl (C=O) groups excluding carboxylic acids is 1. The molecule has 1 fully saturated rings. The number of hydrogen-bond acceptors (Lipinski definition) is 2. The maximum Gasteiger partial charge on any atom is 0.146 e. The summed E-state index contributed by atoms with van der Waals surface area (Å²) >= 11 is 0. The average Bonchev–Trinajstić information content (AvgIpc) is 2.33. The third-order valence-electron chi connectivity index (χ3n) is 3.89. The van der Waals surface area contributed by atoms with Gasteiger partial charge < -0.3 is 0 Å². The van der Waals surface area contributed by atoms with Gasteiger partial charge in [0.1, 0.15) is 5.78 Å². The zero-order valence-electron chi connectivity index (χ0n) is 10.9. The molecule has 17 heavy (non-hydrogen) atoms. The van der Waals surface area contributed by atoms with Crippen molar-refractivity contribution in [2.45, 2.75) is 45.2 Å². The second-order valence-electron chi connectivity index (χ2n) is 5.57. The van der Waals surface area contributed by atoms with E-state index in [1.807, 2.05) is 6.07 Å². The second-order valence-corrected chi connectivity index (χ2v) is 5.57. The third-order valence-corrected chi connectivity index (χ3v) is 3.89. The molecule has 0 amide bonds. The van der Waals surface area contributed by atoms with Gasteiger partial charge in [0, 0.05) is 18.0 Å². The molecule has 0 bridgehead atoms. The van der Waals surface area contributed by atoms with Gasteiger partial charge in [0.15, 0.2) is 0 Å². The van der Waals surface area contributed by atoms with Crippen molar-refractivity contribution in [3.63, 3.8) is 0 Å². The number of piperidine rings is 1. The lowest BCUT2D eigenvalue weighted by Crippen LogP contribution is -2.51. The van der Waals surface area contributed by atoms with Crippen LogP contribution in [0.5, 0.6) is 0 Å². The molecule has 1 aliphatic rings. The summed E-state index contributed by atoms with van der Waals surface area (Å²) in [4.78, 5) is 14.0. The molecule has 2 rings (SSSR count). The minimum Gasteiger partial charge on any atom is -0.298 e. The topological polar surface area (TPSA) is 20.3 Å². The Kier molecular flexibility index (Phi) is 3.34. The molecule has 1 aliphatic heterocycles. The summed E-state index contributed by atoms with van der Waals surface area (Å²) in [7, 11) is 0. The first-order valence-corrected chi connectivity index (χ1v) is 6.34. The number of benzene rings is 1. The first-order chi connectivity index (χ1) is 8.00. The van der Waals surface area contributed by atoms with Gasteiger partial charge in [0.2, 0.25) is 0 Å². The predicted molar refractivity (Wildman–Crippen MR) is 69.9 cm³/mol. The highest BCUT2D eigenvalue weighted by molar-refractivity contribution is 5.81. The molecule has 0 saturated carbocycles. The lowest BCUT2D eigenvalue weighted by Gasteiger charge is -2.45. The largest absolute Gasteiger partial charge is 0.298 e. The summed E-state index contributed by atoms with van der Waals surface area (Å²) in [5.74, 6) is 0.368. The van der Waals surface area contributed by atoms with Gasteiger partial charge in [-0.25, -0.2) is 0 Å². The molecule has 92 valence electrons. The van der Waals surface area contributed by atoms with Crippen LogP contribution >= 0.6 is 0 Å². The van der Waals surface area contributed by atoms with Crippen molar-refractivity contribution >= 4 is 5.78 Å². The average molecular weight is 231 g/mol. The summed E-state index contributed by atoms with van der Waals surface area (Å²) in [6, 6.07) is 10.7. The second kappa shape index (κ2) is 4.61. The molecular formula is C15H21NO. The van der Waals surface area contributed by atoms with Gasteiger partial charge in [-0.3, -0.25) is 9.69 Å². The molecule has 1 saturated heterocycles. The summed E-state index contributed by atoms with van der Waals surface area (Å²) in [5, 5.41) is 0. The Hall–Kier alpha value is -1.15. The van der Waals surface area contributed by atoms with Gasteiger partial charge in [-0.05, 0) is 32.8 Å². The fourth-order valence-corrected chi connectivity index (χ4v) is 2.64. The van der Waals surface area contributed by atoms with E-state index in [0.717, 1.165) is 12.8 Å². The molecule has 1 aromatic carbocycles. The highest BCUT2D eigenvalue weighted by atomic mass is 16.1. The lowest BCUT2D eigenvalue weighted by atomic mass is 9.87. The van der Waals surface area contributed by atoms with Crippen LogP contribution in [-0.4, -0.2) is 22.8 Å². The van der Waals surface area contributed by atoms with E-state index in [1.165, 1.54) is 5.56 Å². The van der Waals surface area contributed by atoms with Crippen molar-refractivity contribution in [1.82, 2.24) is 4.90 Å². The van der Waals surface area contributed by atoms with Gasteiger partial charge in [-0.15, -0.1) is 0 Å². The Labute approximate surface area is 104 Å². The molecule has 2 nitrogen and oxygen atoms in total. The van der Waals surface area contributed by atoms with Crippen LogP contribution in [0.4, 0.5) is 0 Å². The minimum atomic E-state index is 0.114. The summed E-state index contributed by atoms with van der Waals surface area (Å²) < 4.78 is 0. The smallest absolute Gasteiger partial charge is 0.146 e. The number of nitrogens with zero attached hydrogens (tertiary/aromatic N) is 1. The Bertz CT molecular complexity index is 397. The van der Waals surface area contributed by atoms with E-state index in [4.69, 9.17) is 0 Å². The highest BCUT2D eigenvalue weighted by Crippen LogP contribution is 2.33. The predicted octanol–water partition coefficient (Wildman–Crippen LogP) is 3.19. The number of ketones is 1. The van der Waals surface area contributed by atoms with E-state index >= 15 is 0 Å². The molecule has 0 radical (unpaired) electrons. The van der Waals surface area contributed by atoms with Gasteiger partial charge in [-0.1, -0.05) is 30.3 Å². The van der Waals surface area contributed by atoms with Crippen molar-refractivity contribution in [3.8, 4) is 0 Å². The van der Waals surface area contributed by atoms with Crippen LogP contribution in [-0.2, 0) is 4.79 Å². The van der Waals surface area contributed by atoms with Gasteiger partial charge in [-0.2, -0.15) is 0 Å². The maximum absolute atomic E-state index is 11.7. The number of Topliss-reactive ketones (excluding diaryl/α,β-unsaturated/α-hetero) is 1. The van der Waals surface area contributed by atoms with Crippen molar-refractivity contribution in [3.05, 3.63) is 35.9 Å². The first-order valence-electron chi connectivity index (χ1n) is 6.34. The highest BCUT2D eigenvalue weighted by Gasteiger charge is 2.36. The van der Waals surface area contributed by atoms with Crippen molar-refractivity contribution in [2.75, 3.05) is 6.54 Å². The summed E-state index contributed by atoms with van der Waals surface area (Å²) in [5.41, 5.74) is 1.40. The van der Waals surface area contributed by atoms with E-state index in [9.17, 15) is 4.79 Å². The molecular weight excluding hydrogens is 210 g/mol. The Balaban J connectivity index is 2.23. The molecule has 1 unspecified atom stereocenters. The first kappa shape index (κ1) is 12.3. The van der Waals surface area contributed by atoms with Crippen molar-refractivity contribution in [1.29, 1.82) is 0 Å². The molecule has 0 aliphatic carbocycles. The lowest BCUT2D eigenvalue weighted by molar-refractivity contribution is -0.127. The normalized spacial score (nSPS) is 22.4.